The molecule has 0 aromatic rings. The van der Waals surface area contributed by atoms with Gasteiger partial charge in [0.1, 0.15) is 11.3 Å². The molecule has 0 aromatic carbocycles. The van der Waals surface area contributed by atoms with E-state index < -0.39 is 41.6 Å². The average Bonchev–Trinajstić information content (AvgIpc) is 2.94. The van der Waals surface area contributed by atoms with Crippen LogP contribution < -0.4 is 0 Å². The Kier molecular flexibility index (Phi) is 6.94. The van der Waals surface area contributed by atoms with Gasteiger partial charge in [-0.3, -0.25) is 9.59 Å². The molecule has 7 atom stereocenters. The third-order valence-corrected chi connectivity index (χ3v) is 8.21. The van der Waals surface area contributed by atoms with E-state index in [2.05, 4.69) is 19.9 Å². The van der Waals surface area contributed by atoms with Crippen molar-refractivity contribution in [1.82, 2.24) is 4.90 Å². The number of fused-ring (bicyclic) bond motifs is 1. The van der Waals surface area contributed by atoms with Gasteiger partial charge in [0.15, 0.2) is 11.4 Å². The number of aliphatic carboxylic acids is 1. The minimum absolute atomic E-state index is 0.0990. The predicted octanol–water partition coefficient (Wildman–Crippen LogP) is 3.64. The summed E-state index contributed by atoms with van der Waals surface area (Å²) in [6.07, 6.45) is 7.03. The normalized spacial score (nSPS) is 36.3. The first-order valence-electron chi connectivity index (χ1n) is 11.8. The molecule has 0 spiro atoms. The minimum atomic E-state index is -2.17. The standard InChI is InChI=1S/C26H37NO6/c1-7-13(2)18-15(4)11-16-10-8-9-14(3)19(16)20(18)23(29)21-22(28)17(27(6)24(21)30)12-26(5,33)25(31)32/h7,11,14,16-20,29,33H,8-10,12H2,1-6H3,(H,31,32)/b13-7+,23-21-. The average molecular weight is 460 g/mol. The van der Waals surface area contributed by atoms with Crippen LogP contribution in [0.3, 0.4) is 0 Å². The molecule has 3 aliphatic rings. The Bertz CT molecular complexity index is 942. The van der Waals surface area contributed by atoms with Gasteiger partial charge in [0.25, 0.3) is 5.91 Å². The van der Waals surface area contributed by atoms with Gasteiger partial charge in [-0.25, -0.2) is 4.79 Å². The number of Topliss-reactive ketones (excluding diaryl/α,β-unsaturated/α-hetero) is 1. The van der Waals surface area contributed by atoms with E-state index in [-0.39, 0.29) is 29.1 Å². The quantitative estimate of drug-likeness (QED) is 0.250. The maximum atomic E-state index is 13.4. The molecule has 1 amide bonds. The number of hydrogen-bond donors (Lipinski definition) is 3. The highest BCUT2D eigenvalue weighted by atomic mass is 16.4. The first kappa shape index (κ1) is 25.2. The van der Waals surface area contributed by atoms with Gasteiger partial charge >= 0.3 is 5.97 Å². The number of carbonyl (C=O) groups excluding carboxylic acids is 2. The second-order valence-corrected chi connectivity index (χ2v) is 10.4. The number of aliphatic hydroxyl groups excluding tert-OH is 1. The molecule has 7 heteroatoms. The molecule has 7 unspecified atom stereocenters. The van der Waals surface area contributed by atoms with E-state index in [9.17, 15) is 29.7 Å². The third-order valence-electron chi connectivity index (χ3n) is 8.21. The molecule has 2 fully saturated rings. The van der Waals surface area contributed by atoms with Gasteiger partial charge in [0.2, 0.25) is 0 Å². The van der Waals surface area contributed by atoms with E-state index in [1.165, 1.54) is 7.05 Å². The van der Waals surface area contributed by atoms with Crippen LogP contribution in [0.2, 0.25) is 0 Å². The highest BCUT2D eigenvalue weighted by molar-refractivity contribution is 6.26. The lowest BCUT2D eigenvalue weighted by molar-refractivity contribution is -0.159. The number of carboxylic acids is 1. The largest absolute Gasteiger partial charge is 0.511 e. The van der Waals surface area contributed by atoms with E-state index in [0.29, 0.717) is 5.92 Å². The number of rotatable bonds is 5. The topological polar surface area (TPSA) is 115 Å². The van der Waals surface area contributed by atoms with Gasteiger partial charge in [-0.1, -0.05) is 43.1 Å². The predicted molar refractivity (Wildman–Crippen MR) is 124 cm³/mol. The van der Waals surface area contributed by atoms with Gasteiger partial charge in [-0.15, -0.1) is 0 Å². The Labute approximate surface area is 195 Å². The Morgan fingerprint density at radius 1 is 1.27 bits per heavy atom. The smallest absolute Gasteiger partial charge is 0.335 e. The Hall–Kier alpha value is -2.41. The van der Waals surface area contributed by atoms with Crippen LogP contribution in [-0.4, -0.2) is 56.6 Å². The molecule has 0 aromatic heterocycles. The number of allylic oxidation sites excluding steroid dienone is 5. The maximum Gasteiger partial charge on any atom is 0.335 e. The van der Waals surface area contributed by atoms with Crippen LogP contribution in [0.25, 0.3) is 0 Å². The van der Waals surface area contributed by atoms with Gasteiger partial charge in [-0.05, 0) is 51.9 Å². The number of nitrogens with zero attached hydrogens (tertiary/aromatic N) is 1. The number of amides is 1. The van der Waals surface area contributed by atoms with Crippen LogP contribution in [-0.2, 0) is 14.4 Å². The molecule has 7 nitrogen and oxygen atoms in total. The van der Waals surface area contributed by atoms with Crippen LogP contribution in [0.1, 0.15) is 60.3 Å². The first-order chi connectivity index (χ1) is 15.3. The van der Waals surface area contributed by atoms with E-state index in [1.807, 2.05) is 19.9 Å². The molecule has 1 saturated heterocycles. The highest BCUT2D eigenvalue weighted by Crippen LogP contribution is 2.53. The summed E-state index contributed by atoms with van der Waals surface area (Å²) in [5.41, 5.74) is -0.214. The number of ketones is 1. The molecule has 3 rings (SSSR count). The number of aliphatic hydroxyl groups is 2. The summed E-state index contributed by atoms with van der Waals surface area (Å²) in [5.74, 6) is -2.71. The minimum Gasteiger partial charge on any atom is -0.511 e. The molecule has 1 aliphatic heterocycles. The summed E-state index contributed by atoms with van der Waals surface area (Å²) in [6, 6.07) is -1.14. The summed E-state index contributed by atoms with van der Waals surface area (Å²) in [6.45, 7) is 9.30. The zero-order valence-electron chi connectivity index (χ0n) is 20.5. The molecule has 182 valence electrons. The van der Waals surface area contributed by atoms with Crippen molar-refractivity contribution < 1.29 is 29.7 Å². The molecular weight excluding hydrogens is 422 g/mol. The van der Waals surface area contributed by atoms with Crippen molar-refractivity contribution in [2.24, 2.45) is 29.6 Å². The molecular formula is C26H37NO6. The summed E-state index contributed by atoms with van der Waals surface area (Å²) in [7, 11) is 1.41. The van der Waals surface area contributed by atoms with Gasteiger partial charge in [0.05, 0.1) is 6.04 Å². The van der Waals surface area contributed by atoms with Crippen LogP contribution in [0.15, 0.2) is 34.6 Å². The number of hydrogen-bond acceptors (Lipinski definition) is 5. The van der Waals surface area contributed by atoms with Gasteiger partial charge in [-0.2, -0.15) is 0 Å². The zero-order valence-corrected chi connectivity index (χ0v) is 20.5. The monoisotopic (exact) mass is 459 g/mol. The van der Waals surface area contributed by atoms with Crippen molar-refractivity contribution in [3.63, 3.8) is 0 Å². The van der Waals surface area contributed by atoms with Crippen molar-refractivity contribution in [3.8, 4) is 0 Å². The second kappa shape index (κ2) is 9.09. The Morgan fingerprint density at radius 2 is 1.91 bits per heavy atom. The fourth-order valence-corrected chi connectivity index (χ4v) is 6.27. The van der Waals surface area contributed by atoms with Crippen LogP contribution in [0.5, 0.6) is 0 Å². The van der Waals surface area contributed by atoms with Crippen molar-refractivity contribution >= 4 is 17.7 Å². The SMILES string of the molecule is C/C=C(\C)C1C(C)=CC2CCCC(C)C2C1/C(O)=C1\C(=O)C(CC(C)(O)C(=O)O)N(C)C1=O. The fraction of sp³-hybridized carbons (Fsp3) is 0.654. The van der Waals surface area contributed by atoms with Crippen molar-refractivity contribution in [2.45, 2.75) is 71.9 Å². The second-order valence-electron chi connectivity index (χ2n) is 10.4. The number of carboxylic acid groups (broad SMARTS) is 1. The first-order valence-corrected chi connectivity index (χ1v) is 11.8. The fourth-order valence-electron chi connectivity index (χ4n) is 6.27. The summed E-state index contributed by atoms with van der Waals surface area (Å²) in [4.78, 5) is 39.1. The third kappa shape index (κ3) is 4.27. The van der Waals surface area contributed by atoms with Crippen molar-refractivity contribution in [3.05, 3.63) is 34.6 Å². The van der Waals surface area contributed by atoms with Crippen molar-refractivity contribution in [1.29, 1.82) is 0 Å². The van der Waals surface area contributed by atoms with Gasteiger partial charge in [0, 0.05) is 25.3 Å². The summed E-state index contributed by atoms with van der Waals surface area (Å²) < 4.78 is 0. The highest BCUT2D eigenvalue weighted by Gasteiger charge is 2.52. The lowest BCUT2D eigenvalue weighted by Gasteiger charge is -2.47. The number of likely N-dealkylation sites (N-methyl/N-ethyl adjacent to an activating group) is 1. The molecule has 2 aliphatic carbocycles. The number of likely N-dealkylation sites (tertiary alicyclic amines) is 1. The van der Waals surface area contributed by atoms with Gasteiger partial charge < -0.3 is 20.2 Å². The van der Waals surface area contributed by atoms with E-state index >= 15 is 0 Å². The van der Waals surface area contributed by atoms with E-state index in [4.69, 9.17) is 0 Å². The summed E-state index contributed by atoms with van der Waals surface area (Å²) in [5, 5.41) is 31.2. The van der Waals surface area contributed by atoms with Crippen LogP contribution in [0.4, 0.5) is 0 Å². The van der Waals surface area contributed by atoms with E-state index in [0.717, 1.165) is 42.2 Å². The van der Waals surface area contributed by atoms with Crippen LogP contribution >= 0.6 is 0 Å². The number of carbonyl (C=O) groups is 3. The maximum absolute atomic E-state index is 13.4. The molecule has 1 heterocycles. The van der Waals surface area contributed by atoms with Crippen molar-refractivity contribution in [2.75, 3.05) is 7.05 Å². The molecule has 0 radical (unpaired) electrons. The zero-order chi connectivity index (χ0) is 24.8. The summed E-state index contributed by atoms with van der Waals surface area (Å²) >= 11 is 0. The molecule has 33 heavy (non-hydrogen) atoms. The van der Waals surface area contributed by atoms with E-state index in [1.54, 1.807) is 0 Å². The Morgan fingerprint density at radius 3 is 2.48 bits per heavy atom. The lowest BCUT2D eigenvalue weighted by Crippen LogP contribution is -2.44. The molecule has 1 saturated carbocycles. The molecule has 0 bridgehead atoms. The Balaban J connectivity index is 2.12. The molecule has 3 N–H and O–H groups in total. The lowest BCUT2D eigenvalue weighted by atomic mass is 9.57. The van der Waals surface area contributed by atoms with Crippen LogP contribution in [0, 0.1) is 29.6 Å².